The van der Waals surface area contributed by atoms with Crippen molar-refractivity contribution in [2.24, 2.45) is 11.7 Å². The fourth-order valence-corrected chi connectivity index (χ4v) is 3.30. The molecule has 3 nitrogen and oxygen atoms in total. The standard InChI is InChI=1S/C16H24N2O/c17-15-5-3-9-18(12-13-7-10-19-11-8-13)16-6-2-1-4-14(15)16/h1-2,4,6,13,15H,3,5,7-12,17H2. The van der Waals surface area contributed by atoms with E-state index in [1.54, 1.807) is 0 Å². The number of benzene rings is 1. The largest absolute Gasteiger partial charge is 0.381 e. The molecule has 2 N–H and O–H groups in total. The second-order valence-corrected chi connectivity index (χ2v) is 5.81. The zero-order valence-electron chi connectivity index (χ0n) is 11.6. The lowest BCUT2D eigenvalue weighted by Crippen LogP contribution is -2.33. The van der Waals surface area contributed by atoms with E-state index in [1.165, 1.54) is 30.5 Å². The molecule has 1 atom stereocenters. The first-order valence-corrected chi connectivity index (χ1v) is 7.52. The molecule has 19 heavy (non-hydrogen) atoms. The minimum absolute atomic E-state index is 0.205. The predicted molar refractivity (Wildman–Crippen MR) is 78.4 cm³/mol. The van der Waals surface area contributed by atoms with Gasteiger partial charge in [-0.2, -0.15) is 0 Å². The third-order valence-electron chi connectivity index (χ3n) is 4.44. The van der Waals surface area contributed by atoms with E-state index in [0.29, 0.717) is 0 Å². The number of hydrogen-bond acceptors (Lipinski definition) is 3. The molecule has 2 heterocycles. The highest BCUT2D eigenvalue weighted by Crippen LogP contribution is 2.32. The van der Waals surface area contributed by atoms with Crippen LogP contribution >= 0.6 is 0 Å². The van der Waals surface area contributed by atoms with Crippen molar-refractivity contribution in [1.29, 1.82) is 0 Å². The van der Waals surface area contributed by atoms with Crippen molar-refractivity contribution in [3.63, 3.8) is 0 Å². The molecule has 3 heteroatoms. The van der Waals surface area contributed by atoms with Crippen LogP contribution in [0.1, 0.15) is 37.3 Å². The van der Waals surface area contributed by atoms with Gasteiger partial charge in [0.1, 0.15) is 0 Å². The van der Waals surface area contributed by atoms with E-state index in [2.05, 4.69) is 29.2 Å². The Hall–Kier alpha value is -1.06. The van der Waals surface area contributed by atoms with Crippen LogP contribution in [-0.4, -0.2) is 26.3 Å². The number of para-hydroxylation sites is 1. The molecule has 3 rings (SSSR count). The number of nitrogens with two attached hydrogens (primary N) is 1. The number of hydrogen-bond donors (Lipinski definition) is 1. The minimum Gasteiger partial charge on any atom is -0.381 e. The van der Waals surface area contributed by atoms with E-state index in [-0.39, 0.29) is 6.04 Å². The molecular weight excluding hydrogens is 236 g/mol. The van der Waals surface area contributed by atoms with Gasteiger partial charge < -0.3 is 15.4 Å². The number of nitrogens with zero attached hydrogens (tertiary/aromatic N) is 1. The molecule has 0 aliphatic carbocycles. The number of fused-ring (bicyclic) bond motifs is 1. The second kappa shape index (κ2) is 5.93. The summed E-state index contributed by atoms with van der Waals surface area (Å²) in [7, 11) is 0. The highest BCUT2D eigenvalue weighted by Gasteiger charge is 2.23. The molecule has 1 fully saturated rings. The van der Waals surface area contributed by atoms with Gasteiger partial charge in [0.05, 0.1) is 0 Å². The van der Waals surface area contributed by atoms with Crippen molar-refractivity contribution in [2.75, 3.05) is 31.2 Å². The van der Waals surface area contributed by atoms with Gasteiger partial charge in [0.2, 0.25) is 0 Å². The second-order valence-electron chi connectivity index (χ2n) is 5.81. The average Bonchev–Trinajstić information content (AvgIpc) is 2.61. The van der Waals surface area contributed by atoms with Crippen LogP contribution in [0.4, 0.5) is 5.69 Å². The Kier molecular flexibility index (Phi) is 4.04. The van der Waals surface area contributed by atoms with Gasteiger partial charge in [-0.3, -0.25) is 0 Å². The lowest BCUT2D eigenvalue weighted by molar-refractivity contribution is 0.0682. The van der Waals surface area contributed by atoms with Crippen molar-refractivity contribution in [3.8, 4) is 0 Å². The predicted octanol–water partition coefficient (Wildman–Crippen LogP) is 2.71. The summed E-state index contributed by atoms with van der Waals surface area (Å²) in [6, 6.07) is 8.88. The Morgan fingerprint density at radius 2 is 1.95 bits per heavy atom. The van der Waals surface area contributed by atoms with Crippen LogP contribution in [0.5, 0.6) is 0 Å². The van der Waals surface area contributed by atoms with Crippen molar-refractivity contribution < 1.29 is 4.74 Å². The van der Waals surface area contributed by atoms with Crippen molar-refractivity contribution in [2.45, 2.75) is 31.7 Å². The molecule has 1 aromatic rings. The number of rotatable bonds is 2. The molecule has 0 radical (unpaired) electrons. The molecule has 0 aromatic heterocycles. The smallest absolute Gasteiger partial charge is 0.0469 e. The fraction of sp³-hybridized carbons (Fsp3) is 0.625. The summed E-state index contributed by atoms with van der Waals surface area (Å²) < 4.78 is 5.46. The van der Waals surface area contributed by atoms with E-state index in [0.717, 1.165) is 38.6 Å². The normalized spacial score (nSPS) is 24.9. The SMILES string of the molecule is NC1CCCN(CC2CCOCC2)c2ccccc21. The van der Waals surface area contributed by atoms with Crippen LogP contribution in [0.25, 0.3) is 0 Å². The van der Waals surface area contributed by atoms with Crippen LogP contribution in [-0.2, 0) is 4.74 Å². The molecule has 1 unspecified atom stereocenters. The Balaban J connectivity index is 1.78. The van der Waals surface area contributed by atoms with E-state index in [1.807, 2.05) is 0 Å². The highest BCUT2D eigenvalue weighted by molar-refractivity contribution is 5.55. The number of ether oxygens (including phenoxy) is 1. The lowest BCUT2D eigenvalue weighted by atomic mass is 9.98. The fourth-order valence-electron chi connectivity index (χ4n) is 3.30. The lowest BCUT2D eigenvalue weighted by Gasteiger charge is -2.31. The minimum atomic E-state index is 0.205. The zero-order chi connectivity index (χ0) is 13.1. The third kappa shape index (κ3) is 2.93. The first-order valence-electron chi connectivity index (χ1n) is 7.52. The van der Waals surface area contributed by atoms with Gasteiger partial charge >= 0.3 is 0 Å². The van der Waals surface area contributed by atoms with Gasteiger partial charge in [-0.25, -0.2) is 0 Å². The van der Waals surface area contributed by atoms with Crippen molar-refractivity contribution >= 4 is 5.69 Å². The first-order chi connectivity index (χ1) is 9.34. The summed E-state index contributed by atoms with van der Waals surface area (Å²) in [5.41, 5.74) is 8.98. The van der Waals surface area contributed by atoms with Gasteiger partial charge in [-0.15, -0.1) is 0 Å². The summed E-state index contributed by atoms with van der Waals surface area (Å²) in [6.45, 7) is 4.16. The molecule has 2 aliphatic heterocycles. The van der Waals surface area contributed by atoms with E-state index in [4.69, 9.17) is 10.5 Å². The Bertz CT molecular complexity index is 415. The van der Waals surface area contributed by atoms with E-state index < -0.39 is 0 Å². The van der Waals surface area contributed by atoms with Crippen molar-refractivity contribution in [3.05, 3.63) is 29.8 Å². The van der Waals surface area contributed by atoms with Gasteiger partial charge in [-0.1, -0.05) is 18.2 Å². The van der Waals surface area contributed by atoms with Crippen molar-refractivity contribution in [1.82, 2.24) is 0 Å². The maximum absolute atomic E-state index is 6.30. The zero-order valence-corrected chi connectivity index (χ0v) is 11.6. The van der Waals surface area contributed by atoms with Gasteiger partial charge in [0.15, 0.2) is 0 Å². The Morgan fingerprint density at radius 3 is 2.79 bits per heavy atom. The molecular formula is C16H24N2O. The van der Waals surface area contributed by atoms with Crippen LogP contribution in [0.15, 0.2) is 24.3 Å². The monoisotopic (exact) mass is 260 g/mol. The summed E-state index contributed by atoms with van der Waals surface area (Å²) in [5.74, 6) is 0.774. The summed E-state index contributed by atoms with van der Waals surface area (Å²) >= 11 is 0. The molecule has 1 aromatic carbocycles. The first kappa shape index (κ1) is 12.9. The van der Waals surface area contributed by atoms with Gasteiger partial charge in [-0.05, 0) is 43.2 Å². The quantitative estimate of drug-likeness (QED) is 0.888. The Morgan fingerprint density at radius 1 is 1.16 bits per heavy atom. The molecule has 104 valence electrons. The molecule has 0 saturated carbocycles. The molecule has 2 aliphatic rings. The summed E-state index contributed by atoms with van der Waals surface area (Å²) in [6.07, 6.45) is 4.69. The molecule has 0 spiro atoms. The molecule has 0 amide bonds. The van der Waals surface area contributed by atoms with Crippen LogP contribution in [0, 0.1) is 5.92 Å². The summed E-state index contributed by atoms with van der Waals surface area (Å²) in [5, 5.41) is 0. The summed E-state index contributed by atoms with van der Waals surface area (Å²) in [4.78, 5) is 2.55. The maximum Gasteiger partial charge on any atom is 0.0469 e. The maximum atomic E-state index is 6.30. The van der Waals surface area contributed by atoms with Gasteiger partial charge in [0.25, 0.3) is 0 Å². The van der Waals surface area contributed by atoms with Gasteiger partial charge in [0, 0.05) is 38.0 Å². The van der Waals surface area contributed by atoms with Crippen LogP contribution in [0.3, 0.4) is 0 Å². The highest BCUT2D eigenvalue weighted by atomic mass is 16.5. The number of anilines is 1. The third-order valence-corrected chi connectivity index (χ3v) is 4.44. The van der Waals surface area contributed by atoms with Crippen LogP contribution in [0.2, 0.25) is 0 Å². The average molecular weight is 260 g/mol. The Labute approximate surface area is 115 Å². The molecule has 0 bridgehead atoms. The van der Waals surface area contributed by atoms with Crippen LogP contribution < -0.4 is 10.6 Å². The van der Waals surface area contributed by atoms with E-state index >= 15 is 0 Å². The topological polar surface area (TPSA) is 38.5 Å². The van der Waals surface area contributed by atoms with E-state index in [9.17, 15) is 0 Å². The molecule has 1 saturated heterocycles.